The Morgan fingerprint density at radius 3 is 2.38 bits per heavy atom. The summed E-state index contributed by atoms with van der Waals surface area (Å²) < 4.78 is 0. The number of nitrogens with zero attached hydrogens (tertiary/aromatic N) is 1. The number of carbonyl (C=O) groups excluding carboxylic acids is 3. The van der Waals surface area contributed by atoms with Crippen LogP contribution in [0.4, 0.5) is 4.79 Å². The second-order valence-electron chi connectivity index (χ2n) is 7.63. The van der Waals surface area contributed by atoms with Gasteiger partial charge in [0.1, 0.15) is 12.1 Å². The fourth-order valence-electron chi connectivity index (χ4n) is 3.60. The highest BCUT2D eigenvalue weighted by Crippen LogP contribution is 2.29. The van der Waals surface area contributed by atoms with Gasteiger partial charge in [0.05, 0.1) is 6.04 Å². The van der Waals surface area contributed by atoms with Gasteiger partial charge in [0.2, 0.25) is 5.91 Å². The van der Waals surface area contributed by atoms with Gasteiger partial charge < -0.3 is 10.6 Å². The molecule has 1 aliphatic heterocycles. The van der Waals surface area contributed by atoms with Crippen LogP contribution in [0.5, 0.6) is 0 Å². The van der Waals surface area contributed by atoms with Crippen LogP contribution in [-0.2, 0) is 15.1 Å². The Hall–Kier alpha value is -3.15. The number of amides is 4. The molecule has 0 aromatic heterocycles. The van der Waals surface area contributed by atoms with Crippen molar-refractivity contribution in [2.75, 3.05) is 6.54 Å². The van der Waals surface area contributed by atoms with E-state index in [9.17, 15) is 14.4 Å². The van der Waals surface area contributed by atoms with Gasteiger partial charge in [-0.2, -0.15) is 0 Å². The van der Waals surface area contributed by atoms with Crippen LogP contribution in [0.1, 0.15) is 49.4 Å². The van der Waals surface area contributed by atoms with Crippen molar-refractivity contribution in [2.45, 2.75) is 45.2 Å². The molecule has 0 aliphatic carbocycles. The lowest BCUT2D eigenvalue weighted by Crippen LogP contribution is -2.43. The van der Waals surface area contributed by atoms with Crippen LogP contribution >= 0.6 is 0 Å². The van der Waals surface area contributed by atoms with Crippen LogP contribution in [0.3, 0.4) is 0 Å². The van der Waals surface area contributed by atoms with Gasteiger partial charge in [-0.15, -0.1) is 0 Å². The molecule has 2 atom stereocenters. The van der Waals surface area contributed by atoms with E-state index in [2.05, 4.69) is 10.6 Å². The van der Waals surface area contributed by atoms with Gasteiger partial charge in [-0.05, 0) is 31.4 Å². The number of rotatable bonds is 7. The molecule has 2 aromatic carbocycles. The van der Waals surface area contributed by atoms with Gasteiger partial charge in [0.15, 0.2) is 0 Å². The monoisotopic (exact) mass is 393 g/mol. The van der Waals surface area contributed by atoms with Gasteiger partial charge in [-0.25, -0.2) is 4.79 Å². The maximum atomic E-state index is 13.0. The zero-order valence-corrected chi connectivity index (χ0v) is 17.1. The van der Waals surface area contributed by atoms with Crippen LogP contribution in [0.15, 0.2) is 54.6 Å². The van der Waals surface area contributed by atoms with Crippen LogP contribution in [0.2, 0.25) is 0 Å². The highest BCUT2D eigenvalue weighted by atomic mass is 16.2. The molecule has 2 N–H and O–H groups in total. The number of imide groups is 1. The van der Waals surface area contributed by atoms with Gasteiger partial charge in [-0.1, -0.05) is 73.5 Å². The second kappa shape index (κ2) is 8.47. The summed E-state index contributed by atoms with van der Waals surface area (Å²) in [6, 6.07) is 16.4. The Labute approximate surface area is 171 Å². The van der Waals surface area contributed by atoms with Crippen molar-refractivity contribution in [3.8, 4) is 0 Å². The molecule has 29 heavy (non-hydrogen) atoms. The third-order valence-corrected chi connectivity index (χ3v) is 5.32. The minimum absolute atomic E-state index is 0.155. The summed E-state index contributed by atoms with van der Waals surface area (Å²) in [6.45, 7) is 5.36. The van der Waals surface area contributed by atoms with Gasteiger partial charge in [0.25, 0.3) is 5.91 Å². The quantitative estimate of drug-likeness (QED) is 0.708. The van der Waals surface area contributed by atoms with Crippen molar-refractivity contribution < 1.29 is 14.4 Å². The summed E-state index contributed by atoms with van der Waals surface area (Å²) in [5, 5.41) is 5.70. The average molecular weight is 393 g/mol. The van der Waals surface area contributed by atoms with E-state index in [0.717, 1.165) is 28.9 Å². The fraction of sp³-hybridized carbons (Fsp3) is 0.348. The van der Waals surface area contributed by atoms with Crippen LogP contribution in [0.25, 0.3) is 0 Å². The first kappa shape index (κ1) is 20.6. The first-order valence-electron chi connectivity index (χ1n) is 9.90. The molecule has 0 unspecified atom stereocenters. The zero-order chi connectivity index (χ0) is 21.0. The third kappa shape index (κ3) is 4.31. The van der Waals surface area contributed by atoms with E-state index >= 15 is 0 Å². The molecular weight excluding hydrogens is 366 g/mol. The smallest absolute Gasteiger partial charge is 0.325 e. The first-order chi connectivity index (χ1) is 13.8. The molecule has 2 aromatic rings. The lowest BCUT2D eigenvalue weighted by molar-refractivity contribution is -0.135. The normalized spacial score (nSPS) is 19.8. The van der Waals surface area contributed by atoms with Crippen molar-refractivity contribution in [1.29, 1.82) is 0 Å². The van der Waals surface area contributed by atoms with E-state index in [1.807, 2.05) is 68.4 Å². The lowest BCUT2D eigenvalue weighted by atomic mass is 9.91. The molecule has 0 radical (unpaired) electrons. The molecule has 0 saturated carbocycles. The average Bonchev–Trinajstić information content (AvgIpc) is 2.92. The number of aryl methyl sites for hydroxylation is 1. The molecule has 6 nitrogen and oxygen atoms in total. The maximum Gasteiger partial charge on any atom is 0.325 e. The van der Waals surface area contributed by atoms with Gasteiger partial charge in [-0.3, -0.25) is 14.5 Å². The highest BCUT2D eigenvalue weighted by molar-refractivity contribution is 6.09. The van der Waals surface area contributed by atoms with Crippen molar-refractivity contribution >= 4 is 17.8 Å². The molecule has 3 rings (SSSR count). The van der Waals surface area contributed by atoms with Crippen molar-refractivity contribution in [3.63, 3.8) is 0 Å². The molecule has 0 spiro atoms. The van der Waals surface area contributed by atoms with E-state index in [1.165, 1.54) is 0 Å². The van der Waals surface area contributed by atoms with Crippen molar-refractivity contribution in [3.05, 3.63) is 71.3 Å². The predicted molar refractivity (Wildman–Crippen MR) is 111 cm³/mol. The molecule has 6 heteroatoms. The predicted octanol–water partition coefficient (Wildman–Crippen LogP) is 3.42. The Morgan fingerprint density at radius 1 is 1.10 bits per heavy atom. The molecule has 1 saturated heterocycles. The summed E-state index contributed by atoms with van der Waals surface area (Å²) in [5.41, 5.74) is 1.59. The number of nitrogens with one attached hydrogen (secondary N) is 2. The largest absolute Gasteiger partial charge is 0.348 e. The minimum Gasteiger partial charge on any atom is -0.348 e. The Morgan fingerprint density at radius 2 is 1.76 bits per heavy atom. The second-order valence-corrected chi connectivity index (χ2v) is 7.63. The highest BCUT2D eigenvalue weighted by Gasteiger charge is 2.49. The minimum atomic E-state index is -1.17. The summed E-state index contributed by atoms with van der Waals surface area (Å²) in [6.07, 6.45) is 1.67. The molecule has 1 heterocycles. The molecule has 0 bridgehead atoms. The Balaban J connectivity index is 1.72. The summed E-state index contributed by atoms with van der Waals surface area (Å²) in [5.74, 6) is -0.780. The molecule has 1 fully saturated rings. The van der Waals surface area contributed by atoms with Gasteiger partial charge in [0, 0.05) is 0 Å². The third-order valence-electron chi connectivity index (χ3n) is 5.32. The van der Waals surface area contributed by atoms with E-state index in [1.54, 1.807) is 6.92 Å². The van der Waals surface area contributed by atoms with E-state index in [-0.39, 0.29) is 18.5 Å². The van der Waals surface area contributed by atoms with E-state index in [0.29, 0.717) is 5.56 Å². The number of benzene rings is 2. The van der Waals surface area contributed by atoms with E-state index < -0.39 is 17.5 Å². The first-order valence-corrected chi connectivity index (χ1v) is 9.90. The number of carbonyl (C=O) groups is 3. The SMILES string of the molecule is CCC[C@@H](NC(=O)CN1C(=O)N[C@](C)(c2ccc(C)cc2)C1=O)c1ccccc1. The molecule has 4 amide bonds. The standard InChI is InChI=1S/C23H27N3O3/c1-4-8-19(17-9-6-5-7-10-17)24-20(27)15-26-21(28)23(3,25-22(26)29)18-13-11-16(2)12-14-18/h5-7,9-14,19H,4,8,15H2,1-3H3,(H,24,27)(H,25,29)/t19-,23-/m1/s1. The van der Waals surface area contributed by atoms with Crippen LogP contribution in [-0.4, -0.2) is 29.3 Å². The fourth-order valence-corrected chi connectivity index (χ4v) is 3.60. The summed E-state index contributed by atoms with van der Waals surface area (Å²) >= 11 is 0. The summed E-state index contributed by atoms with van der Waals surface area (Å²) in [4.78, 5) is 39.1. The number of urea groups is 1. The van der Waals surface area contributed by atoms with Crippen molar-refractivity contribution in [1.82, 2.24) is 15.5 Å². The summed E-state index contributed by atoms with van der Waals surface area (Å²) in [7, 11) is 0. The lowest BCUT2D eigenvalue weighted by Gasteiger charge is -2.23. The Bertz CT molecular complexity index is 895. The number of hydrogen-bond donors (Lipinski definition) is 2. The van der Waals surface area contributed by atoms with E-state index in [4.69, 9.17) is 0 Å². The molecule has 1 aliphatic rings. The number of hydrogen-bond acceptors (Lipinski definition) is 3. The van der Waals surface area contributed by atoms with Crippen LogP contribution in [0, 0.1) is 6.92 Å². The molecule has 152 valence electrons. The Kier molecular flexibility index (Phi) is 6.01. The van der Waals surface area contributed by atoms with Gasteiger partial charge >= 0.3 is 6.03 Å². The topological polar surface area (TPSA) is 78.5 Å². The maximum absolute atomic E-state index is 13.0. The zero-order valence-electron chi connectivity index (χ0n) is 17.1. The van der Waals surface area contributed by atoms with Crippen molar-refractivity contribution in [2.24, 2.45) is 0 Å². The van der Waals surface area contributed by atoms with Crippen LogP contribution < -0.4 is 10.6 Å². The molecular formula is C23H27N3O3.